The van der Waals surface area contributed by atoms with Gasteiger partial charge in [0.25, 0.3) is 0 Å². The highest BCUT2D eigenvalue weighted by molar-refractivity contribution is 7.80. The summed E-state index contributed by atoms with van der Waals surface area (Å²) in [5.74, 6) is 0.195. The Morgan fingerprint density at radius 1 is 1.15 bits per heavy atom. The molecule has 0 saturated carbocycles. The van der Waals surface area contributed by atoms with E-state index in [1.54, 1.807) is 0 Å². The van der Waals surface area contributed by atoms with Crippen molar-refractivity contribution in [1.82, 2.24) is 15.1 Å². The second-order valence-electron chi connectivity index (χ2n) is 8.22. The number of imide groups is 1. The van der Waals surface area contributed by atoms with Crippen LogP contribution in [-0.2, 0) is 16.1 Å². The Morgan fingerprint density at radius 2 is 1.89 bits per heavy atom. The number of carbonyl (C=O) groups excluding carboxylic acids is 2. The van der Waals surface area contributed by atoms with Crippen molar-refractivity contribution in [1.29, 1.82) is 0 Å². The van der Waals surface area contributed by atoms with Crippen LogP contribution in [0.2, 0.25) is 0 Å². The first-order chi connectivity index (χ1) is 12.9. The number of piperidine rings is 2. The molecule has 6 heteroatoms. The molecule has 0 bridgehead atoms. The van der Waals surface area contributed by atoms with Crippen molar-refractivity contribution < 1.29 is 9.59 Å². The lowest BCUT2D eigenvalue weighted by Gasteiger charge is -2.34. The smallest absolute Gasteiger partial charge is 0.249 e. The molecule has 3 heterocycles. The fraction of sp³-hybridized carbons (Fsp3) is 0.571. The summed E-state index contributed by atoms with van der Waals surface area (Å²) in [6.45, 7) is 7.50. The molecule has 2 fully saturated rings. The first kappa shape index (κ1) is 18.6. The Balaban J connectivity index is 1.48. The number of fused-ring (bicyclic) bond motifs is 1. The largest absolute Gasteiger partial charge is 0.346 e. The lowest BCUT2D eigenvalue weighted by Crippen LogP contribution is -2.52. The molecule has 27 heavy (non-hydrogen) atoms. The van der Waals surface area contributed by atoms with E-state index in [2.05, 4.69) is 42.3 Å². The van der Waals surface area contributed by atoms with Crippen LogP contribution in [0.15, 0.2) is 18.2 Å². The molecule has 1 unspecified atom stereocenters. The summed E-state index contributed by atoms with van der Waals surface area (Å²) in [5.41, 5.74) is 3.68. The minimum atomic E-state index is -0.333. The fourth-order valence-corrected chi connectivity index (χ4v) is 4.99. The van der Waals surface area contributed by atoms with Gasteiger partial charge in [-0.05, 0) is 63.2 Å². The van der Waals surface area contributed by atoms with Gasteiger partial charge < -0.3 is 9.80 Å². The first-order valence-corrected chi connectivity index (χ1v) is 10.4. The van der Waals surface area contributed by atoms with Crippen LogP contribution >= 0.6 is 12.2 Å². The van der Waals surface area contributed by atoms with Crippen LogP contribution in [0.3, 0.4) is 0 Å². The zero-order valence-electron chi connectivity index (χ0n) is 16.0. The Bertz CT molecular complexity index is 784. The number of likely N-dealkylation sites (tertiary alicyclic amines) is 1. The molecule has 3 aliphatic rings. The average molecular weight is 386 g/mol. The predicted octanol–water partition coefficient (Wildman–Crippen LogP) is 2.57. The molecule has 5 nitrogen and oxygen atoms in total. The molecule has 2 amide bonds. The van der Waals surface area contributed by atoms with Gasteiger partial charge in [0.1, 0.15) is 11.0 Å². The van der Waals surface area contributed by atoms with Gasteiger partial charge in [0, 0.05) is 24.6 Å². The van der Waals surface area contributed by atoms with Gasteiger partial charge in [0.05, 0.1) is 0 Å². The van der Waals surface area contributed by atoms with Gasteiger partial charge in [-0.3, -0.25) is 14.9 Å². The Morgan fingerprint density at radius 3 is 2.56 bits per heavy atom. The predicted molar refractivity (Wildman–Crippen MR) is 109 cm³/mol. The highest BCUT2D eigenvalue weighted by Gasteiger charge is 2.37. The number of hydrogen-bond donors (Lipinski definition) is 1. The molecular weight excluding hydrogens is 358 g/mol. The Hall–Kier alpha value is -1.79. The van der Waals surface area contributed by atoms with Gasteiger partial charge in [-0.2, -0.15) is 0 Å². The van der Waals surface area contributed by atoms with Gasteiger partial charge in [-0.1, -0.05) is 30.4 Å². The fourth-order valence-electron chi connectivity index (χ4n) is 4.60. The maximum atomic E-state index is 12.3. The second kappa shape index (κ2) is 7.32. The van der Waals surface area contributed by atoms with Gasteiger partial charge in [0.15, 0.2) is 0 Å². The lowest BCUT2D eigenvalue weighted by atomic mass is 9.87. The van der Waals surface area contributed by atoms with Crippen molar-refractivity contribution in [2.45, 2.75) is 64.1 Å². The molecule has 0 aromatic heterocycles. The van der Waals surface area contributed by atoms with E-state index in [4.69, 9.17) is 12.2 Å². The first-order valence-electron chi connectivity index (χ1n) is 9.95. The van der Waals surface area contributed by atoms with Crippen LogP contribution in [0.1, 0.15) is 62.1 Å². The van der Waals surface area contributed by atoms with Gasteiger partial charge >= 0.3 is 0 Å². The summed E-state index contributed by atoms with van der Waals surface area (Å²) in [7, 11) is 0. The number of amides is 2. The van der Waals surface area contributed by atoms with E-state index in [-0.39, 0.29) is 17.9 Å². The summed E-state index contributed by atoms with van der Waals surface area (Å²) in [6, 6.07) is 6.93. The zero-order valence-corrected chi connectivity index (χ0v) is 16.8. The van der Waals surface area contributed by atoms with Gasteiger partial charge in [0.2, 0.25) is 11.8 Å². The molecule has 0 radical (unpaired) electrons. The average Bonchev–Trinajstić information content (AvgIpc) is 2.98. The summed E-state index contributed by atoms with van der Waals surface area (Å²) in [6.07, 6.45) is 3.31. The second-order valence-corrected chi connectivity index (χ2v) is 8.61. The van der Waals surface area contributed by atoms with Crippen molar-refractivity contribution in [2.75, 3.05) is 13.1 Å². The van der Waals surface area contributed by atoms with E-state index in [0.717, 1.165) is 23.6 Å². The Kier molecular flexibility index (Phi) is 5.03. The standard InChI is InChI=1S/C21H27N3O2S/c1-13(2)23-9-7-14(8-10-23)15-3-4-17-16(11-15)12-24(21(17)27)18-5-6-19(25)22-20(18)26/h3-4,11,13-14,18H,5-10,12H2,1-2H3,(H,22,25,26). The minimum absolute atomic E-state index is 0.186. The van der Waals surface area contributed by atoms with Crippen molar-refractivity contribution >= 4 is 29.0 Å². The molecule has 0 aliphatic carbocycles. The van der Waals surface area contributed by atoms with Crippen molar-refractivity contribution in [3.63, 3.8) is 0 Å². The molecule has 4 rings (SSSR count). The van der Waals surface area contributed by atoms with E-state index in [1.807, 2.05) is 4.90 Å². The summed E-state index contributed by atoms with van der Waals surface area (Å²) in [4.78, 5) is 29.0. The highest BCUT2D eigenvalue weighted by atomic mass is 32.1. The number of nitrogens with zero attached hydrogens (tertiary/aromatic N) is 2. The van der Waals surface area contributed by atoms with Crippen LogP contribution in [0.4, 0.5) is 0 Å². The third-order valence-corrected chi connectivity index (χ3v) is 6.73. The molecule has 144 valence electrons. The number of rotatable bonds is 3. The van der Waals surface area contributed by atoms with Crippen LogP contribution in [-0.4, -0.2) is 51.8 Å². The quantitative estimate of drug-likeness (QED) is 0.640. The SMILES string of the molecule is CC(C)N1CCC(c2ccc3c(c2)CN(C2CCC(=O)NC2=O)C3=S)CC1. The van der Waals surface area contributed by atoms with E-state index >= 15 is 0 Å². The molecule has 0 spiro atoms. The van der Waals surface area contributed by atoms with Crippen molar-refractivity contribution in [2.24, 2.45) is 0 Å². The van der Waals surface area contributed by atoms with Crippen LogP contribution < -0.4 is 5.32 Å². The molecule has 2 saturated heterocycles. The van der Waals surface area contributed by atoms with Crippen molar-refractivity contribution in [3.05, 3.63) is 34.9 Å². The molecular formula is C21H27N3O2S. The highest BCUT2D eigenvalue weighted by Crippen LogP contribution is 2.34. The van der Waals surface area contributed by atoms with Crippen LogP contribution in [0.5, 0.6) is 0 Å². The maximum Gasteiger partial charge on any atom is 0.249 e. The number of hydrogen-bond acceptors (Lipinski definition) is 4. The minimum Gasteiger partial charge on any atom is -0.346 e. The number of benzene rings is 1. The van der Waals surface area contributed by atoms with E-state index < -0.39 is 0 Å². The monoisotopic (exact) mass is 385 g/mol. The molecule has 1 aromatic rings. The zero-order chi connectivity index (χ0) is 19.1. The number of thiocarbonyl (C=S) groups is 1. The maximum absolute atomic E-state index is 12.3. The molecule has 1 aromatic carbocycles. The number of nitrogens with one attached hydrogen (secondary N) is 1. The summed E-state index contributed by atoms with van der Waals surface area (Å²) < 4.78 is 0. The molecule has 1 N–H and O–H groups in total. The third kappa shape index (κ3) is 3.52. The molecule has 1 atom stereocenters. The van der Waals surface area contributed by atoms with Gasteiger partial charge in [-0.25, -0.2) is 0 Å². The van der Waals surface area contributed by atoms with E-state index in [1.165, 1.54) is 24.0 Å². The van der Waals surface area contributed by atoms with Crippen molar-refractivity contribution in [3.8, 4) is 0 Å². The normalized spacial score (nSPS) is 24.5. The van der Waals surface area contributed by atoms with Crippen LogP contribution in [0.25, 0.3) is 0 Å². The van der Waals surface area contributed by atoms with Crippen LogP contribution in [0, 0.1) is 0 Å². The summed E-state index contributed by atoms with van der Waals surface area (Å²) in [5, 5.41) is 2.45. The van der Waals surface area contributed by atoms with Gasteiger partial charge in [-0.15, -0.1) is 0 Å². The summed E-state index contributed by atoms with van der Waals surface area (Å²) >= 11 is 5.66. The third-order valence-electron chi connectivity index (χ3n) is 6.28. The topological polar surface area (TPSA) is 52.6 Å². The Labute approximate surface area is 166 Å². The van der Waals surface area contributed by atoms with E-state index in [9.17, 15) is 9.59 Å². The molecule has 3 aliphatic heterocycles. The number of carbonyl (C=O) groups is 2. The lowest BCUT2D eigenvalue weighted by molar-refractivity contribution is -0.136. The van der Waals surface area contributed by atoms with E-state index in [0.29, 0.717) is 31.3 Å².